The molecule has 1 aromatic carbocycles. The average molecular weight is 518 g/mol. The highest BCUT2D eigenvalue weighted by Crippen LogP contribution is 2.42. The second kappa shape index (κ2) is 8.36. The number of alkyl halides is 3. The maximum absolute atomic E-state index is 12.8. The largest absolute Gasteiger partial charge is 0.447 e. The summed E-state index contributed by atoms with van der Waals surface area (Å²) >= 11 is 6.88. The van der Waals surface area contributed by atoms with Crippen molar-refractivity contribution in [2.45, 2.75) is 22.4 Å². The molecule has 3 heterocycles. The minimum Gasteiger partial charge on any atom is -0.325 e. The van der Waals surface area contributed by atoms with E-state index >= 15 is 0 Å². The number of nitrogens with zero attached hydrogens (tertiary/aromatic N) is 3. The van der Waals surface area contributed by atoms with Gasteiger partial charge in [-0.2, -0.15) is 13.2 Å². The van der Waals surface area contributed by atoms with Crippen LogP contribution in [0.5, 0.6) is 0 Å². The molecule has 0 saturated carbocycles. The standard InChI is InChI=1S/C20H15ClF3N3O2S3/c1-3-32(28,29)16-9-15(11-4-6-12(21)7-5-11)30-18(16)19-26-13-8-17(31-20(22,23)24)25-10-14(13)27(19)2/h4-10H,3H2,1-2H3. The molecule has 0 amide bonds. The number of fused-ring (bicyclic) bond motifs is 1. The number of thioether (sulfide) groups is 1. The number of hydrogen-bond donors (Lipinski definition) is 0. The van der Waals surface area contributed by atoms with E-state index in [1.54, 1.807) is 48.9 Å². The van der Waals surface area contributed by atoms with Gasteiger partial charge in [0.15, 0.2) is 15.7 Å². The Morgan fingerprint density at radius 3 is 2.50 bits per heavy atom. The molecule has 0 atom stereocenters. The Kier molecular flexibility index (Phi) is 6.03. The van der Waals surface area contributed by atoms with Crippen LogP contribution < -0.4 is 0 Å². The quantitative estimate of drug-likeness (QED) is 0.286. The first-order chi connectivity index (χ1) is 15.0. The van der Waals surface area contributed by atoms with E-state index in [9.17, 15) is 21.6 Å². The van der Waals surface area contributed by atoms with Gasteiger partial charge in [0, 0.05) is 28.7 Å². The van der Waals surface area contributed by atoms with E-state index in [2.05, 4.69) is 9.97 Å². The van der Waals surface area contributed by atoms with Crippen molar-refractivity contribution in [3.63, 3.8) is 0 Å². The lowest BCUT2D eigenvalue weighted by molar-refractivity contribution is -0.0329. The van der Waals surface area contributed by atoms with E-state index in [4.69, 9.17) is 11.6 Å². The van der Waals surface area contributed by atoms with Gasteiger partial charge in [-0.05, 0) is 29.8 Å². The predicted octanol–water partition coefficient (Wildman–Crippen LogP) is 6.42. The number of benzene rings is 1. The number of pyridine rings is 1. The van der Waals surface area contributed by atoms with Gasteiger partial charge in [-0.1, -0.05) is 30.7 Å². The van der Waals surface area contributed by atoms with Crippen LogP contribution in [0, 0.1) is 0 Å². The number of halogens is 4. The van der Waals surface area contributed by atoms with Crippen LogP contribution in [0.15, 0.2) is 52.5 Å². The van der Waals surface area contributed by atoms with Crippen molar-refractivity contribution in [1.82, 2.24) is 14.5 Å². The number of sulfone groups is 1. The zero-order chi connectivity index (χ0) is 23.3. The Hall–Kier alpha value is -2.08. The van der Waals surface area contributed by atoms with Crippen molar-refractivity contribution in [3.05, 3.63) is 47.6 Å². The van der Waals surface area contributed by atoms with Crippen LogP contribution in [0.25, 0.3) is 32.2 Å². The summed E-state index contributed by atoms with van der Waals surface area (Å²) in [7, 11) is -1.92. The Morgan fingerprint density at radius 2 is 1.88 bits per heavy atom. The van der Waals surface area contributed by atoms with E-state index in [0.717, 1.165) is 5.56 Å². The summed E-state index contributed by atoms with van der Waals surface area (Å²) in [6, 6.07) is 9.86. The molecule has 168 valence electrons. The summed E-state index contributed by atoms with van der Waals surface area (Å²) in [6.45, 7) is 1.55. The highest BCUT2D eigenvalue weighted by molar-refractivity contribution is 8.00. The van der Waals surface area contributed by atoms with Gasteiger partial charge in [-0.3, -0.25) is 0 Å². The molecule has 0 spiro atoms. The van der Waals surface area contributed by atoms with Crippen LogP contribution in [0.3, 0.4) is 0 Å². The van der Waals surface area contributed by atoms with Gasteiger partial charge in [-0.15, -0.1) is 11.3 Å². The third kappa shape index (κ3) is 4.52. The van der Waals surface area contributed by atoms with Crippen molar-refractivity contribution in [2.75, 3.05) is 5.75 Å². The topological polar surface area (TPSA) is 64.8 Å². The number of hydrogen-bond acceptors (Lipinski definition) is 6. The number of thiophene rings is 1. The molecular weight excluding hydrogens is 503 g/mol. The molecule has 4 rings (SSSR count). The Labute approximate surface area is 195 Å². The third-order valence-corrected chi connectivity index (χ3v) is 8.68. The average Bonchev–Trinajstić information content (AvgIpc) is 3.29. The number of imidazole rings is 1. The lowest BCUT2D eigenvalue weighted by Gasteiger charge is -2.05. The third-order valence-electron chi connectivity index (χ3n) is 4.71. The summed E-state index contributed by atoms with van der Waals surface area (Å²) in [4.78, 5) is 9.59. The maximum atomic E-state index is 12.8. The van der Waals surface area contributed by atoms with Crippen LogP contribution in [0.1, 0.15) is 6.92 Å². The van der Waals surface area contributed by atoms with Crippen molar-refractivity contribution >= 4 is 55.6 Å². The van der Waals surface area contributed by atoms with E-state index in [0.29, 0.717) is 31.6 Å². The Bertz CT molecular complexity index is 1410. The van der Waals surface area contributed by atoms with Crippen molar-refractivity contribution in [2.24, 2.45) is 7.05 Å². The van der Waals surface area contributed by atoms with Crippen molar-refractivity contribution in [3.8, 4) is 21.1 Å². The first kappa shape index (κ1) is 23.1. The van der Waals surface area contributed by atoms with E-state index in [1.807, 2.05) is 0 Å². The lowest BCUT2D eigenvalue weighted by Crippen LogP contribution is -2.04. The normalized spacial score (nSPS) is 12.6. The van der Waals surface area contributed by atoms with Crippen LogP contribution >= 0.6 is 34.7 Å². The molecule has 0 unspecified atom stereocenters. The van der Waals surface area contributed by atoms with Crippen molar-refractivity contribution < 1.29 is 21.6 Å². The zero-order valence-electron chi connectivity index (χ0n) is 16.6. The minimum absolute atomic E-state index is 0.103. The number of aromatic nitrogens is 3. The smallest absolute Gasteiger partial charge is 0.325 e. The molecule has 0 bridgehead atoms. The maximum Gasteiger partial charge on any atom is 0.447 e. The first-order valence-corrected chi connectivity index (χ1v) is 12.9. The summed E-state index contributed by atoms with van der Waals surface area (Å²) in [5, 5.41) is 0.325. The molecule has 0 radical (unpaired) electrons. The lowest BCUT2D eigenvalue weighted by atomic mass is 10.2. The van der Waals surface area contributed by atoms with Gasteiger partial charge in [0.25, 0.3) is 0 Å². The van der Waals surface area contributed by atoms with Crippen LogP contribution in [0.4, 0.5) is 13.2 Å². The van der Waals surface area contributed by atoms with Gasteiger partial charge in [0.05, 0.1) is 32.8 Å². The molecule has 5 nitrogen and oxygen atoms in total. The highest BCUT2D eigenvalue weighted by atomic mass is 35.5. The van der Waals surface area contributed by atoms with Crippen LogP contribution in [-0.4, -0.2) is 34.2 Å². The van der Waals surface area contributed by atoms with Gasteiger partial charge in [0.1, 0.15) is 5.03 Å². The van der Waals surface area contributed by atoms with E-state index in [-0.39, 0.29) is 27.4 Å². The van der Waals surface area contributed by atoms with E-state index < -0.39 is 15.3 Å². The molecule has 0 aliphatic rings. The zero-order valence-corrected chi connectivity index (χ0v) is 19.8. The molecule has 0 N–H and O–H groups in total. The Balaban J connectivity index is 1.89. The van der Waals surface area contributed by atoms with Gasteiger partial charge in [0.2, 0.25) is 0 Å². The molecular formula is C20H15ClF3N3O2S3. The fraction of sp³-hybridized carbons (Fsp3) is 0.200. The number of aryl methyl sites for hydroxylation is 1. The summed E-state index contributed by atoms with van der Waals surface area (Å²) in [5.74, 6) is 0.238. The fourth-order valence-corrected chi connectivity index (χ4v) is 6.41. The van der Waals surface area contributed by atoms with Crippen LogP contribution in [-0.2, 0) is 16.9 Å². The molecule has 12 heteroatoms. The van der Waals surface area contributed by atoms with E-state index in [1.165, 1.54) is 23.6 Å². The highest BCUT2D eigenvalue weighted by Gasteiger charge is 2.31. The summed E-state index contributed by atoms with van der Waals surface area (Å²) in [6.07, 6.45) is 1.31. The SMILES string of the molecule is CCS(=O)(=O)c1cc(-c2ccc(Cl)cc2)sc1-c1nc2cc(SC(F)(F)F)ncc2n1C. The molecule has 0 fully saturated rings. The van der Waals surface area contributed by atoms with Gasteiger partial charge >= 0.3 is 5.51 Å². The molecule has 3 aromatic heterocycles. The molecule has 0 aliphatic carbocycles. The number of rotatable bonds is 5. The first-order valence-electron chi connectivity index (χ1n) is 9.19. The second-order valence-corrected chi connectivity index (χ2v) is 11.6. The second-order valence-electron chi connectivity index (χ2n) is 6.77. The minimum atomic E-state index is -4.47. The van der Waals surface area contributed by atoms with Crippen LogP contribution in [0.2, 0.25) is 5.02 Å². The fourth-order valence-electron chi connectivity index (χ4n) is 3.12. The molecule has 4 aromatic rings. The Morgan fingerprint density at radius 1 is 1.19 bits per heavy atom. The van der Waals surface area contributed by atoms with Crippen molar-refractivity contribution in [1.29, 1.82) is 0 Å². The van der Waals surface area contributed by atoms with Gasteiger partial charge < -0.3 is 4.57 Å². The molecule has 0 aliphatic heterocycles. The monoisotopic (exact) mass is 517 g/mol. The summed E-state index contributed by atoms with van der Waals surface area (Å²) < 4.78 is 65.5. The molecule has 0 saturated heterocycles. The van der Waals surface area contributed by atoms with Gasteiger partial charge in [-0.25, -0.2) is 18.4 Å². The summed E-state index contributed by atoms with van der Waals surface area (Å²) in [5.41, 5.74) is -2.89. The predicted molar refractivity (Wildman–Crippen MR) is 122 cm³/mol. The molecule has 32 heavy (non-hydrogen) atoms.